The molecule has 0 bridgehead atoms. The maximum Gasteiger partial charge on any atom is 0.326 e. The minimum Gasteiger partial charge on any atom is -0.480 e. The van der Waals surface area contributed by atoms with Crippen molar-refractivity contribution in [1.82, 2.24) is 21.3 Å². The van der Waals surface area contributed by atoms with E-state index in [1.807, 2.05) is 6.26 Å². The average Bonchev–Trinajstić information content (AvgIpc) is 3.24. The van der Waals surface area contributed by atoms with Gasteiger partial charge in [-0.15, -0.1) is 0 Å². The van der Waals surface area contributed by atoms with E-state index < -0.39 is 35.9 Å². The Hall–Kier alpha value is -1.85. The standard InChI is InChI=1S/C19H35N5O5S/c1-12(22-17(26)13-7-5-10-21-13)16(25)23-14(6-3-4-9-20)18(27)24-15(19(28)29)8-11-30-2/h12-15,21H,3-11,20H2,1-2H3,(H,22,26)(H,23,25)(H,24,27)(H,28,29). The van der Waals surface area contributed by atoms with Gasteiger partial charge in [-0.05, 0) is 70.5 Å². The third kappa shape index (κ3) is 9.31. The van der Waals surface area contributed by atoms with E-state index in [0.717, 1.165) is 19.4 Å². The molecule has 11 heteroatoms. The first-order chi connectivity index (χ1) is 14.3. The number of carbonyl (C=O) groups is 4. The van der Waals surface area contributed by atoms with E-state index >= 15 is 0 Å². The molecule has 1 heterocycles. The van der Waals surface area contributed by atoms with Crippen LogP contribution in [0.2, 0.25) is 0 Å². The Morgan fingerprint density at radius 2 is 1.80 bits per heavy atom. The van der Waals surface area contributed by atoms with Crippen LogP contribution >= 0.6 is 11.8 Å². The van der Waals surface area contributed by atoms with Crippen LogP contribution in [-0.4, -0.2) is 78.1 Å². The summed E-state index contributed by atoms with van der Waals surface area (Å²) in [6.07, 6.45) is 5.37. The molecule has 0 aliphatic carbocycles. The molecule has 7 N–H and O–H groups in total. The Morgan fingerprint density at radius 3 is 2.37 bits per heavy atom. The molecule has 0 aromatic carbocycles. The predicted molar refractivity (Wildman–Crippen MR) is 116 cm³/mol. The van der Waals surface area contributed by atoms with Crippen LogP contribution < -0.4 is 27.0 Å². The van der Waals surface area contributed by atoms with Crippen molar-refractivity contribution in [2.75, 3.05) is 25.1 Å². The molecule has 1 fully saturated rings. The van der Waals surface area contributed by atoms with Gasteiger partial charge in [0.05, 0.1) is 6.04 Å². The van der Waals surface area contributed by atoms with Gasteiger partial charge in [0.1, 0.15) is 18.1 Å². The largest absolute Gasteiger partial charge is 0.480 e. The van der Waals surface area contributed by atoms with Gasteiger partial charge in [0.25, 0.3) is 0 Å². The molecule has 4 unspecified atom stereocenters. The normalized spacial score (nSPS) is 18.8. The molecule has 0 saturated carbocycles. The van der Waals surface area contributed by atoms with E-state index in [9.17, 15) is 24.3 Å². The zero-order chi connectivity index (χ0) is 22.5. The first-order valence-electron chi connectivity index (χ1n) is 10.4. The SMILES string of the molecule is CSCCC(NC(=O)C(CCCCN)NC(=O)C(C)NC(=O)C1CCCN1)C(=O)O. The summed E-state index contributed by atoms with van der Waals surface area (Å²) in [7, 11) is 0. The summed E-state index contributed by atoms with van der Waals surface area (Å²) >= 11 is 1.49. The van der Waals surface area contributed by atoms with Crippen molar-refractivity contribution < 1.29 is 24.3 Å². The molecule has 0 radical (unpaired) electrons. The molecule has 10 nitrogen and oxygen atoms in total. The second kappa shape index (κ2) is 14.2. The van der Waals surface area contributed by atoms with Gasteiger partial charge in [0, 0.05) is 0 Å². The van der Waals surface area contributed by atoms with E-state index in [1.54, 1.807) is 6.92 Å². The maximum absolute atomic E-state index is 12.7. The maximum atomic E-state index is 12.7. The monoisotopic (exact) mass is 445 g/mol. The zero-order valence-corrected chi connectivity index (χ0v) is 18.6. The number of rotatable bonds is 14. The highest BCUT2D eigenvalue weighted by atomic mass is 32.2. The van der Waals surface area contributed by atoms with Crippen LogP contribution in [-0.2, 0) is 19.2 Å². The molecule has 1 rings (SSSR count). The van der Waals surface area contributed by atoms with Crippen LogP contribution in [0.5, 0.6) is 0 Å². The Labute approximate surface area is 181 Å². The highest BCUT2D eigenvalue weighted by Gasteiger charge is 2.29. The lowest BCUT2D eigenvalue weighted by Crippen LogP contribution is -2.56. The van der Waals surface area contributed by atoms with E-state index in [2.05, 4.69) is 21.3 Å². The number of carboxylic acids is 1. The topological polar surface area (TPSA) is 163 Å². The number of nitrogens with one attached hydrogen (secondary N) is 4. The van der Waals surface area contributed by atoms with Crippen LogP contribution in [0.1, 0.15) is 45.4 Å². The fraction of sp³-hybridized carbons (Fsp3) is 0.789. The fourth-order valence-electron chi connectivity index (χ4n) is 3.11. The van der Waals surface area contributed by atoms with E-state index in [1.165, 1.54) is 11.8 Å². The van der Waals surface area contributed by atoms with Crippen molar-refractivity contribution in [3.8, 4) is 0 Å². The third-order valence-corrected chi connectivity index (χ3v) is 5.58. The van der Waals surface area contributed by atoms with Gasteiger partial charge in [0.15, 0.2) is 0 Å². The van der Waals surface area contributed by atoms with Crippen molar-refractivity contribution in [3.05, 3.63) is 0 Å². The summed E-state index contributed by atoms with van der Waals surface area (Å²) < 4.78 is 0. The number of amides is 3. The molecular weight excluding hydrogens is 410 g/mol. The molecule has 1 aliphatic heterocycles. The van der Waals surface area contributed by atoms with Gasteiger partial charge in [-0.2, -0.15) is 11.8 Å². The van der Waals surface area contributed by atoms with E-state index in [0.29, 0.717) is 31.6 Å². The number of carbonyl (C=O) groups excluding carboxylic acids is 3. The van der Waals surface area contributed by atoms with Gasteiger partial charge in [0.2, 0.25) is 17.7 Å². The number of hydrogen-bond donors (Lipinski definition) is 6. The quantitative estimate of drug-likeness (QED) is 0.189. The van der Waals surface area contributed by atoms with Crippen LogP contribution in [0.4, 0.5) is 0 Å². The molecular formula is C19H35N5O5S. The van der Waals surface area contributed by atoms with Gasteiger partial charge in [-0.3, -0.25) is 14.4 Å². The summed E-state index contributed by atoms with van der Waals surface area (Å²) in [4.78, 5) is 48.9. The number of carboxylic acid groups (broad SMARTS) is 1. The minimum absolute atomic E-state index is 0.248. The lowest BCUT2D eigenvalue weighted by atomic mass is 10.1. The lowest BCUT2D eigenvalue weighted by Gasteiger charge is -2.23. The van der Waals surface area contributed by atoms with Crippen LogP contribution in [0.15, 0.2) is 0 Å². The summed E-state index contributed by atoms with van der Waals surface area (Å²) in [6, 6.07) is -3.05. The predicted octanol–water partition coefficient (Wildman–Crippen LogP) is -0.821. The van der Waals surface area contributed by atoms with Crippen molar-refractivity contribution in [1.29, 1.82) is 0 Å². The molecule has 4 atom stereocenters. The first kappa shape index (κ1) is 26.2. The number of unbranched alkanes of at least 4 members (excludes halogenated alkanes) is 1. The molecule has 0 spiro atoms. The smallest absolute Gasteiger partial charge is 0.326 e. The van der Waals surface area contributed by atoms with E-state index in [4.69, 9.17) is 5.73 Å². The third-order valence-electron chi connectivity index (χ3n) is 4.93. The van der Waals surface area contributed by atoms with E-state index in [-0.39, 0.29) is 18.4 Å². The zero-order valence-electron chi connectivity index (χ0n) is 17.7. The minimum atomic E-state index is -1.12. The number of hydrogen-bond acceptors (Lipinski definition) is 7. The summed E-state index contributed by atoms with van der Waals surface area (Å²) in [5.74, 6) is -1.83. The average molecular weight is 446 g/mol. The molecule has 0 aromatic rings. The highest BCUT2D eigenvalue weighted by molar-refractivity contribution is 7.98. The van der Waals surface area contributed by atoms with Gasteiger partial charge < -0.3 is 32.1 Å². The van der Waals surface area contributed by atoms with Crippen molar-refractivity contribution >= 4 is 35.5 Å². The van der Waals surface area contributed by atoms with Crippen molar-refractivity contribution in [2.45, 2.75) is 69.6 Å². The Morgan fingerprint density at radius 1 is 1.10 bits per heavy atom. The lowest BCUT2D eigenvalue weighted by molar-refractivity contribution is -0.142. The summed E-state index contributed by atoms with van der Waals surface area (Å²) in [5, 5.41) is 20.2. The number of thioether (sulfide) groups is 1. The Balaban J connectivity index is 2.69. The fourth-order valence-corrected chi connectivity index (χ4v) is 3.58. The number of aliphatic carboxylic acids is 1. The van der Waals surface area contributed by atoms with Crippen LogP contribution in [0.3, 0.4) is 0 Å². The molecule has 3 amide bonds. The summed E-state index contributed by atoms with van der Waals surface area (Å²) in [6.45, 7) is 2.77. The van der Waals surface area contributed by atoms with Crippen LogP contribution in [0, 0.1) is 0 Å². The number of nitrogens with two attached hydrogens (primary N) is 1. The van der Waals surface area contributed by atoms with Crippen molar-refractivity contribution in [2.24, 2.45) is 5.73 Å². The molecule has 1 aliphatic rings. The molecule has 172 valence electrons. The molecule has 30 heavy (non-hydrogen) atoms. The van der Waals surface area contributed by atoms with Gasteiger partial charge >= 0.3 is 5.97 Å². The highest BCUT2D eigenvalue weighted by Crippen LogP contribution is 2.07. The van der Waals surface area contributed by atoms with Gasteiger partial charge in [-0.25, -0.2) is 4.79 Å². The van der Waals surface area contributed by atoms with Crippen molar-refractivity contribution in [3.63, 3.8) is 0 Å². The second-order valence-corrected chi connectivity index (χ2v) is 8.39. The first-order valence-corrected chi connectivity index (χ1v) is 11.8. The Bertz CT molecular complexity index is 586. The van der Waals surface area contributed by atoms with Crippen LogP contribution in [0.25, 0.3) is 0 Å². The van der Waals surface area contributed by atoms with Gasteiger partial charge in [-0.1, -0.05) is 0 Å². The molecule has 0 aromatic heterocycles. The summed E-state index contributed by atoms with van der Waals surface area (Å²) in [5.41, 5.74) is 5.51. The Kier molecular flexibility index (Phi) is 12.4. The molecule has 1 saturated heterocycles. The second-order valence-electron chi connectivity index (χ2n) is 7.41.